The summed E-state index contributed by atoms with van der Waals surface area (Å²) in [6, 6.07) is 0.0529. The number of anilines is 3. The minimum Gasteiger partial charge on any atom is -0.357 e. The van der Waals surface area contributed by atoms with Gasteiger partial charge in [-0.3, -0.25) is 4.21 Å². The summed E-state index contributed by atoms with van der Waals surface area (Å²) in [6.07, 6.45) is 5.32. The number of nitrogens with one attached hydrogen (secondary N) is 2. The second-order valence-corrected chi connectivity index (χ2v) is 6.85. The maximum absolute atomic E-state index is 11.3. The Bertz CT molecular complexity index is 492. The van der Waals surface area contributed by atoms with Gasteiger partial charge in [0.25, 0.3) is 0 Å². The molecule has 118 valence electrons. The van der Waals surface area contributed by atoms with Gasteiger partial charge in [-0.2, -0.15) is 15.0 Å². The molecule has 2 N–H and O–H groups in total. The minimum absolute atomic E-state index is 0.0529. The summed E-state index contributed by atoms with van der Waals surface area (Å²) in [5.41, 5.74) is 0. The molecule has 21 heavy (non-hydrogen) atoms. The summed E-state index contributed by atoms with van der Waals surface area (Å²) >= 11 is 0. The van der Waals surface area contributed by atoms with Crippen molar-refractivity contribution < 1.29 is 4.21 Å². The van der Waals surface area contributed by atoms with Gasteiger partial charge in [0.1, 0.15) is 0 Å². The highest BCUT2D eigenvalue weighted by atomic mass is 32.2. The van der Waals surface area contributed by atoms with Gasteiger partial charge in [-0.25, -0.2) is 0 Å². The quantitative estimate of drug-likeness (QED) is 0.813. The van der Waals surface area contributed by atoms with Crippen molar-refractivity contribution in [2.24, 2.45) is 0 Å². The van der Waals surface area contributed by atoms with Crippen LogP contribution >= 0.6 is 0 Å². The zero-order valence-corrected chi connectivity index (χ0v) is 13.7. The first-order chi connectivity index (χ1) is 10.1. The second-order valence-electron chi connectivity index (χ2n) is 5.37. The molecule has 2 heterocycles. The Balaban J connectivity index is 2.14. The third kappa shape index (κ3) is 4.80. The Hall–Kier alpha value is -1.44. The summed E-state index contributed by atoms with van der Waals surface area (Å²) in [5, 5.41) is 6.18. The molecule has 2 atom stereocenters. The molecular weight excluding hydrogens is 288 g/mol. The summed E-state index contributed by atoms with van der Waals surface area (Å²) in [5.74, 6) is 2.37. The van der Waals surface area contributed by atoms with Crippen LogP contribution in [0.4, 0.5) is 17.8 Å². The van der Waals surface area contributed by atoms with Crippen LogP contribution in [0.5, 0.6) is 0 Å². The van der Waals surface area contributed by atoms with Crippen LogP contribution in [-0.4, -0.2) is 57.3 Å². The van der Waals surface area contributed by atoms with Gasteiger partial charge in [0.2, 0.25) is 17.8 Å². The van der Waals surface area contributed by atoms with E-state index in [0.717, 1.165) is 13.1 Å². The van der Waals surface area contributed by atoms with E-state index in [2.05, 4.69) is 30.5 Å². The number of rotatable bonds is 6. The second kappa shape index (κ2) is 7.53. The molecule has 8 heteroatoms. The Labute approximate surface area is 128 Å². The predicted octanol–water partition coefficient (Wildman–Crippen LogP) is 1.08. The van der Waals surface area contributed by atoms with Gasteiger partial charge in [0.05, 0.1) is 0 Å². The molecule has 7 nitrogen and oxygen atoms in total. The lowest BCUT2D eigenvalue weighted by Crippen LogP contribution is -2.32. The van der Waals surface area contributed by atoms with Crippen LogP contribution in [0.15, 0.2) is 0 Å². The largest absolute Gasteiger partial charge is 0.357 e. The Morgan fingerprint density at radius 3 is 2.48 bits per heavy atom. The van der Waals surface area contributed by atoms with Gasteiger partial charge in [-0.15, -0.1) is 0 Å². The molecule has 1 aliphatic rings. The van der Waals surface area contributed by atoms with Gasteiger partial charge >= 0.3 is 0 Å². The van der Waals surface area contributed by atoms with E-state index in [1.165, 1.54) is 19.3 Å². The van der Waals surface area contributed by atoms with Crippen LogP contribution in [0.3, 0.4) is 0 Å². The molecule has 0 amide bonds. The van der Waals surface area contributed by atoms with E-state index in [-0.39, 0.29) is 6.04 Å². The van der Waals surface area contributed by atoms with Crippen molar-refractivity contribution in [2.75, 3.05) is 47.7 Å². The predicted molar refractivity (Wildman–Crippen MR) is 87.5 cm³/mol. The van der Waals surface area contributed by atoms with Crippen molar-refractivity contribution >= 4 is 28.6 Å². The monoisotopic (exact) mass is 312 g/mol. The summed E-state index contributed by atoms with van der Waals surface area (Å²) < 4.78 is 11.3. The molecule has 0 aliphatic carbocycles. The fourth-order valence-corrected chi connectivity index (χ4v) is 3.18. The van der Waals surface area contributed by atoms with Crippen LogP contribution in [-0.2, 0) is 10.8 Å². The molecule has 0 bridgehead atoms. The molecule has 2 rings (SSSR count). The smallest absolute Gasteiger partial charge is 0.231 e. The molecule has 1 fully saturated rings. The van der Waals surface area contributed by atoms with Crippen molar-refractivity contribution in [2.45, 2.75) is 32.2 Å². The van der Waals surface area contributed by atoms with Crippen LogP contribution in [0.2, 0.25) is 0 Å². The SMILES string of the molecule is CNc1nc(NC(C)CS(C)=O)nc(N2CCCCC2)n1. The Kier molecular flexibility index (Phi) is 5.72. The average molecular weight is 312 g/mol. The van der Waals surface area contributed by atoms with Crippen LogP contribution in [0.1, 0.15) is 26.2 Å². The molecule has 1 aliphatic heterocycles. The molecule has 1 aromatic heterocycles. The van der Waals surface area contributed by atoms with E-state index in [9.17, 15) is 4.21 Å². The van der Waals surface area contributed by atoms with E-state index >= 15 is 0 Å². The molecule has 0 saturated carbocycles. The van der Waals surface area contributed by atoms with Crippen molar-refractivity contribution in [1.82, 2.24) is 15.0 Å². The number of aromatic nitrogens is 3. The first-order valence-electron chi connectivity index (χ1n) is 7.34. The molecule has 1 saturated heterocycles. The van der Waals surface area contributed by atoms with E-state index in [1.54, 1.807) is 13.3 Å². The van der Waals surface area contributed by atoms with Crippen molar-refractivity contribution in [3.63, 3.8) is 0 Å². The number of piperidine rings is 1. The molecular formula is C13H24N6OS. The summed E-state index contributed by atoms with van der Waals surface area (Å²) in [6.45, 7) is 3.95. The maximum atomic E-state index is 11.3. The maximum Gasteiger partial charge on any atom is 0.231 e. The highest BCUT2D eigenvalue weighted by Gasteiger charge is 2.16. The number of hydrogen-bond acceptors (Lipinski definition) is 7. The topological polar surface area (TPSA) is 83.0 Å². The Morgan fingerprint density at radius 1 is 1.19 bits per heavy atom. The highest BCUT2D eigenvalue weighted by molar-refractivity contribution is 7.84. The van der Waals surface area contributed by atoms with Crippen LogP contribution in [0, 0.1) is 0 Å². The van der Waals surface area contributed by atoms with Gasteiger partial charge in [0, 0.05) is 49.0 Å². The van der Waals surface area contributed by atoms with E-state index < -0.39 is 10.8 Å². The molecule has 0 aromatic carbocycles. The molecule has 0 radical (unpaired) electrons. The van der Waals surface area contributed by atoms with Gasteiger partial charge in [0.15, 0.2) is 0 Å². The number of nitrogens with zero attached hydrogens (tertiary/aromatic N) is 4. The van der Waals surface area contributed by atoms with Crippen molar-refractivity contribution in [1.29, 1.82) is 0 Å². The van der Waals surface area contributed by atoms with Crippen molar-refractivity contribution in [3.8, 4) is 0 Å². The standard InChI is InChI=1S/C13H24N6OS/c1-10(9-21(3)20)15-12-16-11(14-2)17-13(18-12)19-7-5-4-6-8-19/h10H,4-9H2,1-3H3,(H2,14,15,16,17,18). The molecule has 0 spiro atoms. The van der Waals surface area contributed by atoms with E-state index in [0.29, 0.717) is 23.6 Å². The van der Waals surface area contributed by atoms with Gasteiger partial charge in [-0.05, 0) is 26.2 Å². The first-order valence-corrected chi connectivity index (χ1v) is 9.06. The summed E-state index contributed by atoms with van der Waals surface area (Å²) in [4.78, 5) is 15.5. The Morgan fingerprint density at radius 2 is 1.86 bits per heavy atom. The van der Waals surface area contributed by atoms with Crippen molar-refractivity contribution in [3.05, 3.63) is 0 Å². The lowest BCUT2D eigenvalue weighted by Gasteiger charge is -2.27. The molecule has 1 aromatic rings. The lowest BCUT2D eigenvalue weighted by atomic mass is 10.1. The first kappa shape index (κ1) is 15.9. The molecule has 2 unspecified atom stereocenters. The summed E-state index contributed by atoms with van der Waals surface area (Å²) in [7, 11) is 0.949. The van der Waals surface area contributed by atoms with E-state index in [1.807, 2.05) is 6.92 Å². The van der Waals surface area contributed by atoms with Crippen LogP contribution < -0.4 is 15.5 Å². The lowest BCUT2D eigenvalue weighted by molar-refractivity contribution is 0.567. The van der Waals surface area contributed by atoms with Crippen LogP contribution in [0.25, 0.3) is 0 Å². The third-order valence-electron chi connectivity index (χ3n) is 3.35. The fourth-order valence-electron chi connectivity index (χ4n) is 2.39. The zero-order chi connectivity index (χ0) is 15.2. The normalized spacial score (nSPS) is 18.1. The fraction of sp³-hybridized carbons (Fsp3) is 0.769. The number of hydrogen-bond donors (Lipinski definition) is 2. The third-order valence-corrected chi connectivity index (χ3v) is 4.32. The highest BCUT2D eigenvalue weighted by Crippen LogP contribution is 2.18. The van der Waals surface area contributed by atoms with Gasteiger partial charge < -0.3 is 15.5 Å². The average Bonchev–Trinajstić information content (AvgIpc) is 2.46. The van der Waals surface area contributed by atoms with E-state index in [4.69, 9.17) is 0 Å². The van der Waals surface area contributed by atoms with Gasteiger partial charge in [-0.1, -0.05) is 0 Å². The zero-order valence-electron chi connectivity index (χ0n) is 12.9. The minimum atomic E-state index is -0.846.